The molecule has 0 bridgehead atoms. The van der Waals surface area contributed by atoms with Gasteiger partial charge in [-0.05, 0) is 11.8 Å². The summed E-state index contributed by atoms with van der Waals surface area (Å²) >= 11 is 4.61. The maximum atomic E-state index is 11.1. The van der Waals surface area contributed by atoms with E-state index in [1.165, 1.54) is 88.8 Å². The Morgan fingerprint density at radius 3 is 1.59 bits per heavy atom. The third-order valence-electron chi connectivity index (χ3n) is 4.01. The molecule has 0 aliphatic rings. The highest BCUT2D eigenvalue weighted by atomic mass is 32.1. The van der Waals surface area contributed by atoms with Gasteiger partial charge in [-0.25, -0.2) is 0 Å². The Kier molecular flexibility index (Phi) is 18.2. The summed E-state index contributed by atoms with van der Waals surface area (Å²) in [6.45, 7) is 2.83. The highest BCUT2D eigenvalue weighted by Crippen LogP contribution is 2.12. The number of ether oxygens (including phenoxy) is 1. The number of esters is 1. The Morgan fingerprint density at radius 2 is 1.18 bits per heavy atom. The quantitative estimate of drug-likeness (QED) is 0.175. The summed E-state index contributed by atoms with van der Waals surface area (Å²) < 4.78 is 5.05. The number of hydrogen-bond acceptors (Lipinski definition) is 3. The minimum Gasteiger partial charge on any atom is -0.465 e. The molecule has 0 heterocycles. The predicted octanol–water partition coefficient (Wildman–Crippen LogP) is 6.40. The molecule has 2 nitrogen and oxygen atoms in total. The van der Waals surface area contributed by atoms with E-state index in [0.717, 1.165) is 6.42 Å². The number of carbonyl (C=O) groups excluding carboxylic acids is 1. The molecular formula is C19H36O2S. The van der Waals surface area contributed by atoms with Gasteiger partial charge >= 0.3 is 5.97 Å². The monoisotopic (exact) mass is 328 g/mol. The molecule has 3 heteroatoms. The van der Waals surface area contributed by atoms with Crippen LogP contribution in [0.25, 0.3) is 0 Å². The fraction of sp³-hybridized carbons (Fsp3) is 0.895. The van der Waals surface area contributed by atoms with E-state index in [2.05, 4.69) is 19.1 Å². The molecule has 0 amide bonds. The van der Waals surface area contributed by atoms with Crippen LogP contribution in [-0.2, 0) is 9.53 Å². The fourth-order valence-corrected chi connectivity index (χ4v) is 2.75. The van der Waals surface area contributed by atoms with Crippen molar-refractivity contribution in [1.29, 1.82) is 0 Å². The lowest BCUT2D eigenvalue weighted by atomic mass is 10.0. The van der Waals surface area contributed by atoms with Crippen LogP contribution in [0.1, 0.15) is 103 Å². The van der Waals surface area contributed by atoms with Gasteiger partial charge in [0.05, 0.1) is 13.0 Å². The lowest BCUT2D eigenvalue weighted by Gasteiger charge is -2.04. The predicted molar refractivity (Wildman–Crippen MR) is 99.5 cm³/mol. The molecular weight excluding hydrogens is 292 g/mol. The molecule has 0 saturated carbocycles. The molecule has 0 radical (unpaired) electrons. The van der Waals surface area contributed by atoms with Crippen LogP contribution in [-0.4, -0.2) is 17.9 Å². The molecule has 0 saturated heterocycles. The first-order chi connectivity index (χ1) is 10.8. The van der Waals surface area contributed by atoms with E-state index in [9.17, 15) is 4.79 Å². The smallest absolute Gasteiger partial charge is 0.310 e. The van der Waals surface area contributed by atoms with E-state index < -0.39 is 0 Å². The van der Waals surface area contributed by atoms with Crippen LogP contribution >= 0.6 is 12.2 Å². The average molecular weight is 329 g/mol. The van der Waals surface area contributed by atoms with Crippen molar-refractivity contribution in [3.8, 4) is 0 Å². The minimum atomic E-state index is -0.190. The van der Waals surface area contributed by atoms with E-state index in [1.807, 2.05) is 0 Å². The zero-order valence-electron chi connectivity index (χ0n) is 14.6. The highest BCUT2D eigenvalue weighted by molar-refractivity contribution is 7.79. The van der Waals surface area contributed by atoms with Gasteiger partial charge in [-0.2, -0.15) is 0 Å². The molecule has 0 fully saturated rings. The maximum Gasteiger partial charge on any atom is 0.310 e. The van der Waals surface area contributed by atoms with Gasteiger partial charge in [0.2, 0.25) is 0 Å². The summed E-state index contributed by atoms with van der Waals surface area (Å²) in [7, 11) is 0. The SMILES string of the molecule is CCCCCCCCCCCCCCCCOC(=O)CC=S. The molecule has 0 aromatic carbocycles. The van der Waals surface area contributed by atoms with E-state index in [1.54, 1.807) is 0 Å². The van der Waals surface area contributed by atoms with Crippen LogP contribution in [0.3, 0.4) is 0 Å². The van der Waals surface area contributed by atoms with Crippen molar-refractivity contribution in [3.05, 3.63) is 0 Å². The molecule has 0 unspecified atom stereocenters. The zero-order chi connectivity index (χ0) is 16.3. The summed E-state index contributed by atoms with van der Waals surface area (Å²) in [6, 6.07) is 0. The number of unbranched alkanes of at least 4 members (excludes halogenated alkanes) is 13. The Bertz CT molecular complexity index is 254. The lowest BCUT2D eigenvalue weighted by molar-refractivity contribution is -0.142. The first kappa shape index (κ1) is 21.6. The minimum absolute atomic E-state index is 0.190. The molecule has 0 aliphatic carbocycles. The maximum absolute atomic E-state index is 11.1. The summed E-state index contributed by atoms with van der Waals surface area (Å²) in [5, 5.41) is 1.42. The van der Waals surface area contributed by atoms with Crippen LogP contribution in [0.4, 0.5) is 0 Å². The Morgan fingerprint density at radius 1 is 0.773 bits per heavy atom. The van der Waals surface area contributed by atoms with E-state index >= 15 is 0 Å². The van der Waals surface area contributed by atoms with Gasteiger partial charge in [-0.1, -0.05) is 103 Å². The summed E-state index contributed by atoms with van der Waals surface area (Å²) in [5.41, 5.74) is 0. The van der Waals surface area contributed by atoms with Crippen molar-refractivity contribution < 1.29 is 9.53 Å². The molecule has 0 rings (SSSR count). The normalized spacial score (nSPS) is 10.6. The van der Waals surface area contributed by atoms with E-state index in [0.29, 0.717) is 6.61 Å². The molecule has 0 aromatic heterocycles. The van der Waals surface area contributed by atoms with Crippen LogP contribution in [0.2, 0.25) is 0 Å². The number of thiocarbonyl (C=S) groups is 1. The van der Waals surface area contributed by atoms with Crippen LogP contribution in [0, 0.1) is 0 Å². The van der Waals surface area contributed by atoms with Gasteiger partial charge in [0.15, 0.2) is 0 Å². The zero-order valence-corrected chi connectivity index (χ0v) is 15.4. The second-order valence-corrected chi connectivity index (χ2v) is 6.52. The third-order valence-corrected chi connectivity index (χ3v) is 4.18. The van der Waals surface area contributed by atoms with Crippen molar-refractivity contribution in [1.82, 2.24) is 0 Å². The Labute approximate surface area is 143 Å². The van der Waals surface area contributed by atoms with Crippen molar-refractivity contribution in [3.63, 3.8) is 0 Å². The summed E-state index contributed by atoms with van der Waals surface area (Å²) in [4.78, 5) is 11.1. The van der Waals surface area contributed by atoms with Crippen LogP contribution < -0.4 is 0 Å². The van der Waals surface area contributed by atoms with E-state index in [4.69, 9.17) is 4.74 Å². The second kappa shape index (κ2) is 18.6. The molecule has 0 spiro atoms. The molecule has 22 heavy (non-hydrogen) atoms. The van der Waals surface area contributed by atoms with E-state index in [-0.39, 0.29) is 12.4 Å². The summed E-state index contributed by atoms with van der Waals surface area (Å²) in [6.07, 6.45) is 19.0. The van der Waals surface area contributed by atoms with Crippen LogP contribution in [0.15, 0.2) is 0 Å². The van der Waals surface area contributed by atoms with Gasteiger partial charge in [0, 0.05) is 0 Å². The lowest BCUT2D eigenvalue weighted by Crippen LogP contribution is -2.05. The first-order valence-electron chi connectivity index (χ1n) is 9.40. The van der Waals surface area contributed by atoms with Gasteiger partial charge in [0.1, 0.15) is 0 Å². The first-order valence-corrected chi connectivity index (χ1v) is 9.87. The van der Waals surface area contributed by atoms with Gasteiger partial charge in [-0.3, -0.25) is 4.79 Å². The van der Waals surface area contributed by atoms with Gasteiger partial charge < -0.3 is 4.74 Å². The molecule has 0 atom stereocenters. The third kappa shape index (κ3) is 17.6. The Hall–Kier alpha value is -0.440. The highest BCUT2D eigenvalue weighted by Gasteiger charge is 1.99. The molecule has 130 valence electrons. The number of rotatable bonds is 17. The van der Waals surface area contributed by atoms with Crippen molar-refractivity contribution in [2.45, 2.75) is 103 Å². The van der Waals surface area contributed by atoms with Crippen LogP contribution in [0.5, 0.6) is 0 Å². The topological polar surface area (TPSA) is 26.3 Å². The standard InChI is InChI=1S/C19H36O2S/c1-2-3-4-5-6-7-8-9-10-11-12-13-14-15-17-21-19(20)16-18-22/h18H,2-17H2,1H3. The van der Waals surface area contributed by atoms with Crippen molar-refractivity contribution >= 4 is 23.6 Å². The summed E-state index contributed by atoms with van der Waals surface area (Å²) in [5.74, 6) is -0.190. The largest absolute Gasteiger partial charge is 0.465 e. The fourth-order valence-electron chi connectivity index (χ4n) is 2.61. The molecule has 0 aliphatic heterocycles. The van der Waals surface area contributed by atoms with Gasteiger partial charge in [-0.15, -0.1) is 0 Å². The average Bonchev–Trinajstić information content (AvgIpc) is 2.51. The number of carbonyl (C=O) groups is 1. The molecule has 0 aromatic rings. The van der Waals surface area contributed by atoms with Crippen molar-refractivity contribution in [2.24, 2.45) is 0 Å². The second-order valence-electron chi connectivity index (χ2n) is 6.19. The van der Waals surface area contributed by atoms with Gasteiger partial charge in [0.25, 0.3) is 0 Å². The molecule has 0 N–H and O–H groups in total. The number of hydrogen-bond donors (Lipinski definition) is 0. The van der Waals surface area contributed by atoms with Crippen molar-refractivity contribution in [2.75, 3.05) is 6.61 Å². The Balaban J connectivity index is 3.02.